The number of hydrogen-bond donors (Lipinski definition) is 0. The number of ketones is 1. The van der Waals surface area contributed by atoms with Gasteiger partial charge in [0, 0.05) is 12.0 Å². The van der Waals surface area contributed by atoms with Gasteiger partial charge >= 0.3 is 0 Å². The highest BCUT2D eigenvalue weighted by Crippen LogP contribution is 2.29. The van der Waals surface area contributed by atoms with Crippen molar-refractivity contribution >= 4 is 5.78 Å². The molecule has 18 heavy (non-hydrogen) atoms. The predicted molar refractivity (Wildman–Crippen MR) is 73.4 cm³/mol. The van der Waals surface area contributed by atoms with E-state index in [0.29, 0.717) is 29.0 Å². The lowest BCUT2D eigenvalue weighted by molar-refractivity contribution is 0.0927. The minimum atomic E-state index is -0.213. The smallest absolute Gasteiger partial charge is 0.163 e. The number of benzene rings is 1. The van der Waals surface area contributed by atoms with Crippen LogP contribution in [0, 0.1) is 31.0 Å². The highest BCUT2D eigenvalue weighted by Gasteiger charge is 2.23. The van der Waals surface area contributed by atoms with Crippen molar-refractivity contribution in [1.29, 1.82) is 0 Å². The molecule has 1 rings (SSSR count). The largest absolute Gasteiger partial charge is 0.294 e. The first kappa shape index (κ1) is 14.9. The Balaban J connectivity index is 2.92. The lowest BCUT2D eigenvalue weighted by atomic mass is 9.78. The van der Waals surface area contributed by atoms with E-state index in [0.717, 1.165) is 0 Å². The van der Waals surface area contributed by atoms with Crippen LogP contribution in [0.2, 0.25) is 0 Å². The van der Waals surface area contributed by atoms with Crippen molar-refractivity contribution in [2.75, 3.05) is 0 Å². The molecule has 1 nitrogen and oxygen atoms in total. The van der Waals surface area contributed by atoms with Gasteiger partial charge in [0.25, 0.3) is 0 Å². The molecule has 1 aromatic carbocycles. The van der Waals surface area contributed by atoms with Gasteiger partial charge in [-0.2, -0.15) is 0 Å². The number of halogens is 1. The molecular formula is C16H23FO. The lowest BCUT2D eigenvalue weighted by Gasteiger charge is -2.26. The number of carbonyl (C=O) groups is 1. The van der Waals surface area contributed by atoms with Crippen molar-refractivity contribution in [3.05, 3.63) is 34.6 Å². The van der Waals surface area contributed by atoms with Gasteiger partial charge < -0.3 is 0 Å². The molecule has 0 aliphatic carbocycles. The summed E-state index contributed by atoms with van der Waals surface area (Å²) in [7, 11) is 0. The summed E-state index contributed by atoms with van der Waals surface area (Å²) < 4.78 is 13.5. The molecule has 0 N–H and O–H groups in total. The van der Waals surface area contributed by atoms with Crippen LogP contribution in [0.25, 0.3) is 0 Å². The normalized spacial score (nSPS) is 13.5. The predicted octanol–water partition coefficient (Wildman–Crippen LogP) is 4.70. The fourth-order valence-electron chi connectivity index (χ4n) is 1.81. The first-order valence-electron chi connectivity index (χ1n) is 6.43. The highest BCUT2D eigenvalue weighted by atomic mass is 19.1. The molecule has 100 valence electrons. The first-order chi connectivity index (χ1) is 8.12. The van der Waals surface area contributed by atoms with E-state index >= 15 is 0 Å². The molecule has 1 atom stereocenters. The Kier molecular flexibility index (Phi) is 4.31. The van der Waals surface area contributed by atoms with Crippen LogP contribution in [0.15, 0.2) is 12.1 Å². The molecule has 0 radical (unpaired) electrons. The van der Waals surface area contributed by atoms with E-state index in [1.165, 1.54) is 0 Å². The maximum atomic E-state index is 13.5. The Morgan fingerprint density at radius 1 is 1.22 bits per heavy atom. The third-order valence-corrected chi connectivity index (χ3v) is 3.73. The first-order valence-corrected chi connectivity index (χ1v) is 6.43. The second kappa shape index (κ2) is 5.21. The molecule has 1 unspecified atom stereocenters. The molecule has 0 heterocycles. The maximum absolute atomic E-state index is 13.5. The Morgan fingerprint density at radius 3 is 2.06 bits per heavy atom. The van der Waals surface area contributed by atoms with Crippen molar-refractivity contribution in [1.82, 2.24) is 0 Å². The number of aryl methyl sites for hydroxylation is 2. The summed E-state index contributed by atoms with van der Waals surface area (Å²) in [6, 6.07) is 3.31. The molecule has 0 aromatic heterocycles. The van der Waals surface area contributed by atoms with Crippen molar-refractivity contribution < 1.29 is 9.18 Å². The van der Waals surface area contributed by atoms with Gasteiger partial charge in [0.15, 0.2) is 5.78 Å². The van der Waals surface area contributed by atoms with Gasteiger partial charge in [0.05, 0.1) is 0 Å². The summed E-state index contributed by atoms with van der Waals surface area (Å²) in [4.78, 5) is 12.2. The van der Waals surface area contributed by atoms with Crippen LogP contribution >= 0.6 is 0 Å². The molecule has 2 heteroatoms. The molecule has 0 aliphatic heterocycles. The molecule has 0 bridgehead atoms. The summed E-state index contributed by atoms with van der Waals surface area (Å²) in [5.74, 6) is 0.190. The van der Waals surface area contributed by atoms with Gasteiger partial charge in [-0.1, -0.05) is 27.7 Å². The van der Waals surface area contributed by atoms with Gasteiger partial charge in [-0.15, -0.1) is 0 Å². The van der Waals surface area contributed by atoms with E-state index in [4.69, 9.17) is 0 Å². The standard InChI is InChI=1S/C16H23FO/c1-10-7-13(8-11(2)15(10)17)14(18)9-12(3)16(4,5)6/h7-8,12H,9H2,1-6H3. The van der Waals surface area contributed by atoms with Gasteiger partial charge in [-0.05, 0) is 48.4 Å². The molecule has 0 fully saturated rings. The number of Topliss-reactive ketones (excluding diaryl/α,β-unsaturated/α-hetero) is 1. The highest BCUT2D eigenvalue weighted by molar-refractivity contribution is 5.96. The van der Waals surface area contributed by atoms with Crippen molar-refractivity contribution in [2.45, 2.75) is 48.0 Å². The number of carbonyl (C=O) groups excluding carboxylic acids is 1. The average molecular weight is 250 g/mol. The number of hydrogen-bond acceptors (Lipinski definition) is 1. The zero-order valence-corrected chi connectivity index (χ0v) is 12.2. The zero-order valence-electron chi connectivity index (χ0n) is 12.2. The van der Waals surface area contributed by atoms with E-state index in [2.05, 4.69) is 27.7 Å². The second-order valence-electron chi connectivity index (χ2n) is 6.32. The summed E-state index contributed by atoms with van der Waals surface area (Å²) in [6.07, 6.45) is 0.508. The Bertz CT molecular complexity index is 432. The van der Waals surface area contributed by atoms with E-state index in [1.807, 2.05) is 0 Å². The van der Waals surface area contributed by atoms with Gasteiger partial charge in [0.2, 0.25) is 0 Å². The molecule has 1 aromatic rings. The summed E-state index contributed by atoms with van der Waals surface area (Å²) in [5, 5.41) is 0. The minimum Gasteiger partial charge on any atom is -0.294 e. The second-order valence-corrected chi connectivity index (χ2v) is 6.32. The monoisotopic (exact) mass is 250 g/mol. The van der Waals surface area contributed by atoms with Crippen LogP contribution < -0.4 is 0 Å². The minimum absolute atomic E-state index is 0.101. The quantitative estimate of drug-likeness (QED) is 0.711. The Hall–Kier alpha value is -1.18. The molecule has 0 amide bonds. The fraction of sp³-hybridized carbons (Fsp3) is 0.562. The van der Waals surface area contributed by atoms with Crippen molar-refractivity contribution in [3.63, 3.8) is 0 Å². The van der Waals surface area contributed by atoms with Crippen LogP contribution in [0.5, 0.6) is 0 Å². The molecule has 0 aliphatic rings. The van der Waals surface area contributed by atoms with Gasteiger partial charge in [-0.25, -0.2) is 4.39 Å². The van der Waals surface area contributed by atoms with Gasteiger partial charge in [0.1, 0.15) is 5.82 Å². The summed E-state index contributed by atoms with van der Waals surface area (Å²) in [6.45, 7) is 11.9. The van der Waals surface area contributed by atoms with E-state index in [1.54, 1.807) is 26.0 Å². The zero-order chi connectivity index (χ0) is 14.1. The van der Waals surface area contributed by atoms with E-state index in [-0.39, 0.29) is 17.0 Å². The maximum Gasteiger partial charge on any atom is 0.163 e. The lowest BCUT2D eigenvalue weighted by Crippen LogP contribution is -2.20. The average Bonchev–Trinajstić information content (AvgIpc) is 2.23. The van der Waals surface area contributed by atoms with Crippen LogP contribution in [-0.4, -0.2) is 5.78 Å². The Labute approximate surface area is 109 Å². The molecule has 0 saturated heterocycles. The molecule has 0 spiro atoms. The van der Waals surface area contributed by atoms with Crippen LogP contribution in [0.3, 0.4) is 0 Å². The third kappa shape index (κ3) is 3.41. The van der Waals surface area contributed by atoms with E-state index < -0.39 is 0 Å². The van der Waals surface area contributed by atoms with Crippen LogP contribution in [0.4, 0.5) is 4.39 Å². The summed E-state index contributed by atoms with van der Waals surface area (Å²) >= 11 is 0. The third-order valence-electron chi connectivity index (χ3n) is 3.73. The van der Waals surface area contributed by atoms with Crippen molar-refractivity contribution in [3.8, 4) is 0 Å². The van der Waals surface area contributed by atoms with Crippen LogP contribution in [0.1, 0.15) is 55.6 Å². The van der Waals surface area contributed by atoms with Gasteiger partial charge in [-0.3, -0.25) is 4.79 Å². The van der Waals surface area contributed by atoms with Crippen LogP contribution in [-0.2, 0) is 0 Å². The fourth-order valence-corrected chi connectivity index (χ4v) is 1.81. The summed E-state index contributed by atoms with van der Waals surface area (Å²) in [5.41, 5.74) is 1.82. The van der Waals surface area contributed by atoms with Crippen molar-refractivity contribution in [2.24, 2.45) is 11.3 Å². The van der Waals surface area contributed by atoms with E-state index in [9.17, 15) is 9.18 Å². The molecule has 0 saturated carbocycles. The Morgan fingerprint density at radius 2 is 1.67 bits per heavy atom. The molecular weight excluding hydrogens is 227 g/mol. The topological polar surface area (TPSA) is 17.1 Å². The number of rotatable bonds is 3. The SMILES string of the molecule is Cc1cc(C(=O)CC(C)C(C)(C)C)cc(C)c1F.